The second-order valence-corrected chi connectivity index (χ2v) is 4.68. The first-order valence-corrected chi connectivity index (χ1v) is 7.09. The van der Waals surface area contributed by atoms with E-state index >= 15 is 0 Å². The number of carbonyl (C=O) groups is 1. The van der Waals surface area contributed by atoms with E-state index in [4.69, 9.17) is 5.73 Å². The molecule has 0 spiro atoms. The van der Waals surface area contributed by atoms with Crippen molar-refractivity contribution in [3.63, 3.8) is 0 Å². The Morgan fingerprint density at radius 2 is 2.14 bits per heavy atom. The van der Waals surface area contributed by atoms with Crippen molar-refractivity contribution in [3.8, 4) is 0 Å². The molecule has 1 aromatic heterocycles. The number of nitrogens with zero attached hydrogens (tertiary/aromatic N) is 3. The predicted molar refractivity (Wildman–Crippen MR) is 77.4 cm³/mol. The van der Waals surface area contributed by atoms with E-state index in [1.807, 2.05) is 0 Å². The summed E-state index contributed by atoms with van der Waals surface area (Å²) in [5.74, 6) is -0.430. The molecule has 0 aromatic carbocycles. The molecule has 120 valence electrons. The van der Waals surface area contributed by atoms with Crippen LogP contribution in [0, 0.1) is 0 Å². The third kappa shape index (κ3) is 5.66. The Balaban J connectivity index is 2.43. The standard InChI is InChI=1S/C13H23F2N5O/c1-3-19(4-2)7-5-6-17-13(21)12-10(16)8-20(18-12)9-11(14)15/h8,11H,3-7,9,16H2,1-2H3,(H,17,21). The van der Waals surface area contributed by atoms with Crippen molar-refractivity contribution in [2.45, 2.75) is 33.2 Å². The molecule has 0 saturated carbocycles. The van der Waals surface area contributed by atoms with Crippen molar-refractivity contribution in [1.82, 2.24) is 20.0 Å². The van der Waals surface area contributed by atoms with Crippen LogP contribution in [0.15, 0.2) is 6.20 Å². The van der Waals surface area contributed by atoms with Crippen molar-refractivity contribution in [1.29, 1.82) is 0 Å². The highest BCUT2D eigenvalue weighted by Crippen LogP contribution is 2.10. The van der Waals surface area contributed by atoms with Gasteiger partial charge in [-0.15, -0.1) is 0 Å². The molecule has 0 atom stereocenters. The normalized spacial score (nSPS) is 11.3. The largest absolute Gasteiger partial charge is 0.396 e. The fourth-order valence-electron chi connectivity index (χ4n) is 1.98. The lowest BCUT2D eigenvalue weighted by molar-refractivity contribution is 0.0941. The zero-order valence-corrected chi connectivity index (χ0v) is 12.5. The monoisotopic (exact) mass is 303 g/mol. The van der Waals surface area contributed by atoms with E-state index in [1.54, 1.807) is 0 Å². The summed E-state index contributed by atoms with van der Waals surface area (Å²) in [5, 5.41) is 6.49. The van der Waals surface area contributed by atoms with E-state index < -0.39 is 18.9 Å². The summed E-state index contributed by atoms with van der Waals surface area (Å²) in [6.45, 7) is 6.92. The van der Waals surface area contributed by atoms with Crippen LogP contribution in [-0.2, 0) is 6.54 Å². The van der Waals surface area contributed by atoms with Crippen LogP contribution in [0.25, 0.3) is 0 Å². The van der Waals surface area contributed by atoms with Crippen LogP contribution in [0.5, 0.6) is 0 Å². The minimum Gasteiger partial charge on any atom is -0.396 e. The molecule has 3 N–H and O–H groups in total. The predicted octanol–water partition coefficient (Wildman–Crippen LogP) is 1.19. The third-order valence-corrected chi connectivity index (χ3v) is 3.16. The highest BCUT2D eigenvalue weighted by Gasteiger charge is 2.16. The highest BCUT2D eigenvalue weighted by molar-refractivity contribution is 5.96. The second kappa shape index (κ2) is 8.56. The average molecular weight is 303 g/mol. The zero-order valence-electron chi connectivity index (χ0n) is 12.5. The number of aromatic nitrogens is 2. The van der Waals surface area contributed by atoms with E-state index in [0.29, 0.717) is 6.54 Å². The van der Waals surface area contributed by atoms with Gasteiger partial charge < -0.3 is 16.0 Å². The van der Waals surface area contributed by atoms with Crippen molar-refractivity contribution >= 4 is 11.6 Å². The van der Waals surface area contributed by atoms with Crippen LogP contribution in [0.4, 0.5) is 14.5 Å². The molecule has 0 radical (unpaired) electrons. The van der Waals surface area contributed by atoms with Gasteiger partial charge >= 0.3 is 0 Å². The van der Waals surface area contributed by atoms with Gasteiger partial charge in [0.25, 0.3) is 12.3 Å². The molecule has 0 saturated heterocycles. The molecule has 0 unspecified atom stereocenters. The lowest BCUT2D eigenvalue weighted by atomic mass is 10.3. The summed E-state index contributed by atoms with van der Waals surface area (Å²) in [5.41, 5.74) is 5.72. The molecular weight excluding hydrogens is 280 g/mol. The fourth-order valence-corrected chi connectivity index (χ4v) is 1.98. The van der Waals surface area contributed by atoms with Crippen molar-refractivity contribution < 1.29 is 13.6 Å². The molecule has 0 aliphatic rings. The maximum atomic E-state index is 12.2. The summed E-state index contributed by atoms with van der Waals surface area (Å²) >= 11 is 0. The smallest absolute Gasteiger partial charge is 0.273 e. The van der Waals surface area contributed by atoms with Gasteiger partial charge in [-0.25, -0.2) is 8.78 Å². The summed E-state index contributed by atoms with van der Waals surface area (Å²) in [7, 11) is 0. The molecule has 1 amide bonds. The first kappa shape index (κ1) is 17.4. The van der Waals surface area contributed by atoms with Gasteiger partial charge in [-0.1, -0.05) is 13.8 Å². The minimum atomic E-state index is -2.53. The SMILES string of the molecule is CCN(CC)CCCNC(=O)c1nn(CC(F)F)cc1N. The van der Waals surface area contributed by atoms with Gasteiger partial charge in [0.1, 0.15) is 6.54 Å². The van der Waals surface area contributed by atoms with Crippen molar-refractivity contribution in [2.75, 3.05) is 31.9 Å². The van der Waals surface area contributed by atoms with Crippen LogP contribution >= 0.6 is 0 Å². The van der Waals surface area contributed by atoms with E-state index in [-0.39, 0.29) is 11.4 Å². The lowest BCUT2D eigenvalue weighted by Crippen LogP contribution is -2.30. The number of carbonyl (C=O) groups excluding carboxylic acids is 1. The van der Waals surface area contributed by atoms with Gasteiger partial charge in [-0.2, -0.15) is 5.10 Å². The Labute approximate surface area is 123 Å². The van der Waals surface area contributed by atoms with Gasteiger partial charge in [-0.05, 0) is 26.1 Å². The first-order valence-electron chi connectivity index (χ1n) is 7.09. The second-order valence-electron chi connectivity index (χ2n) is 4.68. The number of rotatable bonds is 9. The quantitative estimate of drug-likeness (QED) is 0.672. The summed E-state index contributed by atoms with van der Waals surface area (Å²) < 4.78 is 25.5. The maximum Gasteiger partial charge on any atom is 0.273 e. The minimum absolute atomic E-state index is 0.00140. The van der Waals surface area contributed by atoms with Crippen molar-refractivity contribution in [2.24, 2.45) is 0 Å². The summed E-state index contributed by atoms with van der Waals surface area (Å²) in [6, 6.07) is 0. The van der Waals surface area contributed by atoms with Gasteiger partial charge in [0.05, 0.1) is 5.69 Å². The number of anilines is 1. The number of hydrogen-bond donors (Lipinski definition) is 2. The first-order chi connectivity index (χ1) is 9.97. The zero-order chi connectivity index (χ0) is 15.8. The Morgan fingerprint density at radius 1 is 1.48 bits per heavy atom. The molecule has 1 rings (SSSR count). The third-order valence-electron chi connectivity index (χ3n) is 3.16. The van der Waals surface area contributed by atoms with Gasteiger partial charge in [0.15, 0.2) is 5.69 Å². The van der Waals surface area contributed by atoms with E-state index in [1.165, 1.54) is 6.20 Å². The van der Waals surface area contributed by atoms with Gasteiger partial charge in [0, 0.05) is 12.7 Å². The summed E-state index contributed by atoms with van der Waals surface area (Å²) in [4.78, 5) is 14.1. The number of amides is 1. The molecule has 0 aliphatic carbocycles. The molecular formula is C13H23F2N5O. The Morgan fingerprint density at radius 3 is 2.71 bits per heavy atom. The highest BCUT2D eigenvalue weighted by atomic mass is 19.3. The number of halogens is 2. The van der Waals surface area contributed by atoms with E-state index in [2.05, 4.69) is 29.2 Å². The topological polar surface area (TPSA) is 76.2 Å². The number of nitrogen functional groups attached to an aromatic ring is 1. The molecule has 0 aliphatic heterocycles. The lowest BCUT2D eigenvalue weighted by Gasteiger charge is -2.17. The van der Waals surface area contributed by atoms with Crippen LogP contribution in [0.2, 0.25) is 0 Å². The Bertz CT molecular complexity index is 446. The number of nitrogens with two attached hydrogens (primary N) is 1. The van der Waals surface area contributed by atoms with E-state index in [9.17, 15) is 13.6 Å². The van der Waals surface area contributed by atoms with Crippen LogP contribution < -0.4 is 11.1 Å². The number of nitrogens with one attached hydrogen (secondary N) is 1. The molecule has 1 aromatic rings. The molecule has 8 heteroatoms. The maximum absolute atomic E-state index is 12.2. The number of hydrogen-bond acceptors (Lipinski definition) is 4. The molecule has 6 nitrogen and oxygen atoms in total. The van der Waals surface area contributed by atoms with Crippen LogP contribution in [-0.4, -0.2) is 53.2 Å². The molecule has 0 fully saturated rings. The van der Waals surface area contributed by atoms with Crippen LogP contribution in [0.1, 0.15) is 30.8 Å². The van der Waals surface area contributed by atoms with Crippen LogP contribution in [0.3, 0.4) is 0 Å². The molecule has 21 heavy (non-hydrogen) atoms. The molecule has 1 heterocycles. The van der Waals surface area contributed by atoms with Gasteiger partial charge in [-0.3, -0.25) is 9.48 Å². The van der Waals surface area contributed by atoms with Crippen molar-refractivity contribution in [3.05, 3.63) is 11.9 Å². The summed E-state index contributed by atoms with van der Waals surface area (Å²) in [6.07, 6.45) is -0.475. The van der Waals surface area contributed by atoms with E-state index in [0.717, 1.165) is 30.7 Å². The number of alkyl halides is 2. The van der Waals surface area contributed by atoms with Gasteiger partial charge in [0.2, 0.25) is 0 Å². The average Bonchev–Trinajstić information content (AvgIpc) is 2.78. The molecule has 0 bridgehead atoms. The Kier molecular flexibility index (Phi) is 7.07. The Hall–Kier alpha value is -1.70. The fraction of sp³-hybridized carbons (Fsp3) is 0.692.